The third kappa shape index (κ3) is 1.88. The predicted octanol–water partition coefficient (Wildman–Crippen LogP) is 2.51. The number of rotatable bonds is 0. The number of fused-ring (bicyclic) bond motifs is 5. The highest BCUT2D eigenvalue weighted by Crippen LogP contribution is 2.36. The van der Waals surface area contributed by atoms with Crippen LogP contribution in [0.3, 0.4) is 0 Å². The summed E-state index contributed by atoms with van der Waals surface area (Å²) >= 11 is 0. The lowest BCUT2D eigenvalue weighted by atomic mass is 9.83. The summed E-state index contributed by atoms with van der Waals surface area (Å²) in [6.45, 7) is 0. The van der Waals surface area contributed by atoms with Crippen LogP contribution in [-0.4, -0.2) is 46.7 Å². The average molecular weight is 279 g/mol. The second-order valence-electron chi connectivity index (χ2n) is 6.26. The zero-order valence-electron chi connectivity index (χ0n) is 12.3. The van der Waals surface area contributed by atoms with Crippen LogP contribution in [0.25, 0.3) is 0 Å². The molecule has 0 aromatic rings. The number of hydrogen-bond donors (Lipinski definition) is 1. The van der Waals surface area contributed by atoms with E-state index < -0.39 is 0 Å². The zero-order chi connectivity index (χ0) is 14.4. The quantitative estimate of drug-likeness (QED) is 0.738. The van der Waals surface area contributed by atoms with Crippen molar-refractivity contribution in [1.82, 2.24) is 9.80 Å². The standard InChI is InChI=1S/C18H21N3/c1-20-15-9-3-2-7-13(15)18-14(19)8-6-12-21(18)17-11-5-4-10-16(17)20/h2-7,9-13,15-19H,8H2,1H3. The lowest BCUT2D eigenvalue weighted by Crippen LogP contribution is -2.51. The molecular weight excluding hydrogens is 258 g/mol. The molecule has 4 aliphatic rings. The van der Waals surface area contributed by atoms with Crippen molar-refractivity contribution in [1.29, 1.82) is 5.41 Å². The number of likely N-dealkylation sites (N-methyl/N-ethyl adjacent to an activating group) is 1. The van der Waals surface area contributed by atoms with E-state index in [-0.39, 0.29) is 6.04 Å². The van der Waals surface area contributed by atoms with Gasteiger partial charge in [0.1, 0.15) is 0 Å². The van der Waals surface area contributed by atoms with E-state index >= 15 is 0 Å². The van der Waals surface area contributed by atoms with Crippen molar-refractivity contribution in [2.45, 2.75) is 30.6 Å². The molecule has 1 N–H and O–H groups in total. The fraction of sp³-hybridized carbons (Fsp3) is 0.389. The van der Waals surface area contributed by atoms with Gasteiger partial charge in [-0.25, -0.2) is 0 Å². The number of nitrogens with one attached hydrogen (secondary N) is 1. The highest BCUT2D eigenvalue weighted by Gasteiger charge is 2.45. The molecule has 3 nitrogen and oxygen atoms in total. The SMILES string of the molecule is CN1C2C=CC=CC2C2C(=N)CC=CN2C2C=CC=CC21. The molecule has 2 heterocycles. The Kier molecular flexibility index (Phi) is 2.96. The Bertz CT molecular complexity index is 596. The normalized spacial score (nSPS) is 40.7. The van der Waals surface area contributed by atoms with E-state index in [4.69, 9.17) is 5.41 Å². The summed E-state index contributed by atoms with van der Waals surface area (Å²) in [7, 11) is 2.22. The maximum atomic E-state index is 8.49. The van der Waals surface area contributed by atoms with E-state index in [1.165, 1.54) is 0 Å². The van der Waals surface area contributed by atoms with E-state index in [0.29, 0.717) is 24.0 Å². The van der Waals surface area contributed by atoms with Gasteiger partial charge in [-0.3, -0.25) is 4.90 Å². The number of allylic oxidation sites excluding steroid dienone is 5. The molecule has 0 amide bonds. The van der Waals surface area contributed by atoms with Gasteiger partial charge in [-0.2, -0.15) is 0 Å². The summed E-state index contributed by atoms with van der Waals surface area (Å²) in [6.07, 6.45) is 22.9. The molecule has 0 saturated carbocycles. The Labute approximate surface area is 126 Å². The van der Waals surface area contributed by atoms with E-state index in [1.807, 2.05) is 0 Å². The fourth-order valence-corrected chi connectivity index (χ4v) is 4.16. The summed E-state index contributed by atoms with van der Waals surface area (Å²) in [5.74, 6) is 0.352. The molecule has 2 aliphatic heterocycles. The molecule has 0 spiro atoms. The van der Waals surface area contributed by atoms with Gasteiger partial charge >= 0.3 is 0 Å². The monoisotopic (exact) mass is 279 g/mol. The lowest BCUT2D eigenvalue weighted by molar-refractivity contribution is 0.198. The fourth-order valence-electron chi connectivity index (χ4n) is 4.16. The molecule has 3 heteroatoms. The first-order valence-corrected chi connectivity index (χ1v) is 7.71. The minimum atomic E-state index is 0.176. The van der Waals surface area contributed by atoms with Gasteiger partial charge in [0, 0.05) is 24.1 Å². The third-order valence-corrected chi connectivity index (χ3v) is 5.17. The van der Waals surface area contributed by atoms with Crippen molar-refractivity contribution in [2.24, 2.45) is 5.92 Å². The summed E-state index contributed by atoms with van der Waals surface area (Å²) in [6, 6.07) is 1.21. The first kappa shape index (κ1) is 12.8. The average Bonchev–Trinajstić information content (AvgIpc) is 2.64. The van der Waals surface area contributed by atoms with Gasteiger partial charge in [-0.15, -0.1) is 0 Å². The predicted molar refractivity (Wildman–Crippen MR) is 86.3 cm³/mol. The molecule has 0 aromatic carbocycles. The van der Waals surface area contributed by atoms with E-state index in [0.717, 1.165) is 12.1 Å². The van der Waals surface area contributed by atoms with Crippen molar-refractivity contribution in [3.05, 3.63) is 60.9 Å². The van der Waals surface area contributed by atoms with E-state index in [1.54, 1.807) is 0 Å². The Morgan fingerprint density at radius 1 is 0.952 bits per heavy atom. The molecule has 108 valence electrons. The van der Waals surface area contributed by atoms with Crippen molar-refractivity contribution in [3.8, 4) is 0 Å². The zero-order valence-corrected chi connectivity index (χ0v) is 12.3. The summed E-state index contributed by atoms with van der Waals surface area (Å²) in [4.78, 5) is 4.87. The summed E-state index contributed by atoms with van der Waals surface area (Å²) in [5, 5.41) is 8.49. The minimum absolute atomic E-state index is 0.176. The van der Waals surface area contributed by atoms with Crippen molar-refractivity contribution in [2.75, 3.05) is 7.05 Å². The first-order valence-electron chi connectivity index (χ1n) is 7.71. The molecule has 0 aromatic heterocycles. The highest BCUT2D eigenvalue weighted by molar-refractivity contribution is 5.90. The Balaban J connectivity index is 1.85. The maximum Gasteiger partial charge on any atom is 0.0752 e. The van der Waals surface area contributed by atoms with Crippen molar-refractivity contribution >= 4 is 5.71 Å². The van der Waals surface area contributed by atoms with E-state index in [9.17, 15) is 0 Å². The van der Waals surface area contributed by atoms with Crippen LogP contribution in [0.4, 0.5) is 0 Å². The van der Waals surface area contributed by atoms with Crippen molar-refractivity contribution < 1.29 is 0 Å². The summed E-state index contributed by atoms with van der Waals surface area (Å²) < 4.78 is 0. The molecular formula is C18H21N3. The minimum Gasteiger partial charge on any atom is -0.361 e. The van der Waals surface area contributed by atoms with Crippen LogP contribution in [-0.2, 0) is 0 Å². The molecule has 4 rings (SSSR count). The second kappa shape index (κ2) is 4.85. The largest absolute Gasteiger partial charge is 0.361 e. The second-order valence-corrected chi connectivity index (χ2v) is 6.26. The topological polar surface area (TPSA) is 30.3 Å². The highest BCUT2D eigenvalue weighted by atomic mass is 15.3. The summed E-state index contributed by atoms with van der Waals surface area (Å²) in [5.41, 5.74) is 0.837. The van der Waals surface area contributed by atoms with Gasteiger partial charge in [0.15, 0.2) is 0 Å². The molecule has 1 saturated heterocycles. The lowest BCUT2D eigenvalue weighted by Gasteiger charge is -2.41. The maximum absolute atomic E-state index is 8.49. The Hall–Kier alpha value is -1.87. The number of nitrogens with zero attached hydrogens (tertiary/aromatic N) is 2. The van der Waals surface area contributed by atoms with E-state index in [2.05, 4.69) is 77.7 Å². The van der Waals surface area contributed by atoms with Gasteiger partial charge in [-0.1, -0.05) is 54.7 Å². The molecule has 2 aliphatic carbocycles. The van der Waals surface area contributed by atoms with Crippen LogP contribution in [0.2, 0.25) is 0 Å². The van der Waals surface area contributed by atoms with Gasteiger partial charge in [0.25, 0.3) is 0 Å². The van der Waals surface area contributed by atoms with Gasteiger partial charge in [0.05, 0.1) is 18.1 Å². The first-order chi connectivity index (χ1) is 10.3. The van der Waals surface area contributed by atoms with Crippen molar-refractivity contribution in [3.63, 3.8) is 0 Å². The van der Waals surface area contributed by atoms with Crippen LogP contribution in [0.5, 0.6) is 0 Å². The van der Waals surface area contributed by atoms with Crippen LogP contribution in [0.15, 0.2) is 60.9 Å². The smallest absolute Gasteiger partial charge is 0.0752 e. The van der Waals surface area contributed by atoms with Gasteiger partial charge in [-0.05, 0) is 13.2 Å². The molecule has 5 unspecified atom stereocenters. The molecule has 21 heavy (non-hydrogen) atoms. The number of hydrogen-bond acceptors (Lipinski definition) is 3. The Morgan fingerprint density at radius 2 is 1.62 bits per heavy atom. The van der Waals surface area contributed by atoms with Crippen LogP contribution < -0.4 is 0 Å². The van der Waals surface area contributed by atoms with Crippen LogP contribution in [0.1, 0.15) is 6.42 Å². The van der Waals surface area contributed by atoms with Gasteiger partial charge < -0.3 is 10.3 Å². The Morgan fingerprint density at radius 3 is 2.43 bits per heavy atom. The molecule has 0 radical (unpaired) electrons. The third-order valence-electron chi connectivity index (χ3n) is 5.17. The van der Waals surface area contributed by atoms with Crippen LogP contribution >= 0.6 is 0 Å². The molecule has 1 fully saturated rings. The van der Waals surface area contributed by atoms with Crippen LogP contribution in [0, 0.1) is 11.3 Å². The molecule has 5 atom stereocenters. The molecule has 0 bridgehead atoms. The van der Waals surface area contributed by atoms with Gasteiger partial charge in [0.2, 0.25) is 0 Å².